The van der Waals surface area contributed by atoms with Gasteiger partial charge in [-0.15, -0.1) is 0 Å². The summed E-state index contributed by atoms with van der Waals surface area (Å²) in [6.45, 7) is 0.626. The van der Waals surface area contributed by atoms with Crippen LogP contribution < -0.4 is 14.8 Å². The number of para-hydroxylation sites is 1. The molecule has 4 rings (SSSR count). The molecule has 6 heteroatoms. The Bertz CT molecular complexity index is 1060. The van der Waals surface area contributed by atoms with Gasteiger partial charge in [-0.05, 0) is 36.4 Å². The first-order valence-corrected chi connectivity index (χ1v) is 8.63. The Morgan fingerprint density at radius 2 is 1.78 bits per heavy atom. The van der Waals surface area contributed by atoms with Crippen molar-refractivity contribution in [2.24, 2.45) is 0 Å². The molecular weight excluding hydrogens is 340 g/mol. The molecule has 2 aromatic heterocycles. The molecule has 0 fully saturated rings. The van der Waals surface area contributed by atoms with Gasteiger partial charge in [0.25, 0.3) is 0 Å². The molecular formula is C21H20N4O2. The van der Waals surface area contributed by atoms with Crippen LogP contribution in [0.25, 0.3) is 16.9 Å². The van der Waals surface area contributed by atoms with Crippen LogP contribution in [0.15, 0.2) is 66.9 Å². The van der Waals surface area contributed by atoms with Crippen molar-refractivity contribution in [2.45, 2.75) is 6.54 Å². The largest absolute Gasteiger partial charge is 0.497 e. The number of anilines is 1. The van der Waals surface area contributed by atoms with Crippen LogP contribution in [0.2, 0.25) is 0 Å². The molecule has 2 heterocycles. The summed E-state index contributed by atoms with van der Waals surface area (Å²) < 4.78 is 12.4. The van der Waals surface area contributed by atoms with Gasteiger partial charge in [-0.2, -0.15) is 9.61 Å². The van der Waals surface area contributed by atoms with Crippen LogP contribution in [0.4, 0.5) is 5.82 Å². The maximum atomic E-state index is 5.42. The topological polar surface area (TPSA) is 60.7 Å². The predicted molar refractivity (Wildman–Crippen MR) is 105 cm³/mol. The summed E-state index contributed by atoms with van der Waals surface area (Å²) >= 11 is 0. The molecule has 0 aliphatic rings. The van der Waals surface area contributed by atoms with E-state index in [4.69, 9.17) is 14.6 Å². The van der Waals surface area contributed by atoms with E-state index >= 15 is 0 Å². The first-order valence-electron chi connectivity index (χ1n) is 8.63. The average molecular weight is 360 g/mol. The van der Waals surface area contributed by atoms with E-state index in [1.807, 2.05) is 65.2 Å². The molecule has 0 aliphatic carbocycles. The van der Waals surface area contributed by atoms with E-state index in [1.165, 1.54) is 0 Å². The van der Waals surface area contributed by atoms with E-state index in [0.29, 0.717) is 6.54 Å². The van der Waals surface area contributed by atoms with E-state index in [0.717, 1.165) is 39.8 Å². The minimum Gasteiger partial charge on any atom is -0.497 e. The summed E-state index contributed by atoms with van der Waals surface area (Å²) in [4.78, 5) is 4.42. The van der Waals surface area contributed by atoms with Crippen molar-refractivity contribution in [2.75, 3.05) is 19.5 Å². The summed E-state index contributed by atoms with van der Waals surface area (Å²) in [5.41, 5.74) is 3.73. The van der Waals surface area contributed by atoms with Crippen LogP contribution >= 0.6 is 0 Å². The van der Waals surface area contributed by atoms with Crippen molar-refractivity contribution < 1.29 is 9.47 Å². The number of aromatic nitrogens is 3. The Morgan fingerprint density at radius 1 is 0.963 bits per heavy atom. The first kappa shape index (κ1) is 16.9. The summed E-state index contributed by atoms with van der Waals surface area (Å²) in [5, 5.41) is 8.14. The number of ether oxygens (including phenoxy) is 2. The molecule has 4 aromatic rings. The third-order valence-corrected chi connectivity index (χ3v) is 4.40. The quantitative estimate of drug-likeness (QED) is 0.563. The Labute approximate surface area is 157 Å². The van der Waals surface area contributed by atoms with E-state index in [2.05, 4.69) is 10.3 Å². The van der Waals surface area contributed by atoms with Gasteiger partial charge in [0.1, 0.15) is 17.3 Å². The van der Waals surface area contributed by atoms with Crippen LogP contribution in [-0.4, -0.2) is 28.8 Å². The number of nitrogens with zero attached hydrogens (tertiary/aromatic N) is 3. The number of fused-ring (bicyclic) bond motifs is 1. The standard InChI is InChI=1S/C21H20N4O2/c1-26-17-9-7-15(8-10-17)18-13-21-22-12-11-20(25(21)24-18)23-14-16-5-3-4-6-19(16)27-2/h3-13,23H,14H2,1-2H3. The van der Waals surface area contributed by atoms with Crippen LogP contribution in [0.3, 0.4) is 0 Å². The highest BCUT2D eigenvalue weighted by Crippen LogP contribution is 2.24. The van der Waals surface area contributed by atoms with Crippen LogP contribution in [0.1, 0.15) is 5.56 Å². The lowest BCUT2D eigenvalue weighted by Gasteiger charge is -2.11. The molecule has 0 radical (unpaired) electrons. The number of rotatable bonds is 6. The summed E-state index contributed by atoms with van der Waals surface area (Å²) in [7, 11) is 3.33. The average Bonchev–Trinajstić information content (AvgIpc) is 3.17. The first-order chi connectivity index (χ1) is 13.3. The van der Waals surface area contributed by atoms with Gasteiger partial charge in [0.2, 0.25) is 0 Å². The van der Waals surface area contributed by atoms with Gasteiger partial charge in [0.05, 0.1) is 19.9 Å². The summed E-state index contributed by atoms with van der Waals surface area (Å²) in [5.74, 6) is 2.54. The van der Waals surface area contributed by atoms with Crippen molar-refractivity contribution in [3.8, 4) is 22.8 Å². The molecule has 1 N–H and O–H groups in total. The van der Waals surface area contributed by atoms with E-state index in [1.54, 1.807) is 20.4 Å². The number of hydrogen-bond acceptors (Lipinski definition) is 5. The number of nitrogens with one attached hydrogen (secondary N) is 1. The molecule has 27 heavy (non-hydrogen) atoms. The van der Waals surface area contributed by atoms with Crippen molar-refractivity contribution in [1.29, 1.82) is 0 Å². The van der Waals surface area contributed by atoms with Gasteiger partial charge >= 0.3 is 0 Å². The Kier molecular flexibility index (Phi) is 4.61. The fourth-order valence-corrected chi connectivity index (χ4v) is 2.97. The van der Waals surface area contributed by atoms with E-state index in [9.17, 15) is 0 Å². The third kappa shape index (κ3) is 3.42. The number of hydrogen-bond donors (Lipinski definition) is 1. The van der Waals surface area contributed by atoms with E-state index in [-0.39, 0.29) is 0 Å². The minimum absolute atomic E-state index is 0.626. The highest BCUT2D eigenvalue weighted by atomic mass is 16.5. The summed E-state index contributed by atoms with van der Waals surface area (Å²) in [6.07, 6.45) is 1.78. The molecule has 0 saturated carbocycles. The fourth-order valence-electron chi connectivity index (χ4n) is 2.97. The highest BCUT2D eigenvalue weighted by Gasteiger charge is 2.09. The van der Waals surface area contributed by atoms with Gasteiger partial charge in [0, 0.05) is 29.9 Å². The fraction of sp³-hybridized carbons (Fsp3) is 0.143. The van der Waals surface area contributed by atoms with Crippen molar-refractivity contribution in [1.82, 2.24) is 14.6 Å². The minimum atomic E-state index is 0.626. The monoisotopic (exact) mass is 360 g/mol. The highest BCUT2D eigenvalue weighted by molar-refractivity contribution is 5.66. The molecule has 0 unspecified atom stereocenters. The normalized spacial score (nSPS) is 10.7. The maximum Gasteiger partial charge on any atom is 0.157 e. The zero-order valence-electron chi connectivity index (χ0n) is 15.2. The van der Waals surface area contributed by atoms with Crippen LogP contribution in [0.5, 0.6) is 11.5 Å². The van der Waals surface area contributed by atoms with Gasteiger partial charge in [-0.3, -0.25) is 0 Å². The second kappa shape index (κ2) is 7.37. The van der Waals surface area contributed by atoms with Gasteiger partial charge in [0.15, 0.2) is 5.65 Å². The molecule has 0 aliphatic heterocycles. The Hall–Kier alpha value is -3.54. The molecule has 0 atom stereocenters. The molecule has 2 aromatic carbocycles. The molecule has 0 bridgehead atoms. The second-order valence-corrected chi connectivity index (χ2v) is 6.02. The Morgan fingerprint density at radius 3 is 2.56 bits per heavy atom. The molecule has 0 saturated heterocycles. The van der Waals surface area contributed by atoms with Crippen molar-refractivity contribution in [3.63, 3.8) is 0 Å². The van der Waals surface area contributed by atoms with Crippen molar-refractivity contribution in [3.05, 3.63) is 72.4 Å². The maximum absolute atomic E-state index is 5.42. The zero-order valence-corrected chi connectivity index (χ0v) is 15.2. The number of benzene rings is 2. The predicted octanol–water partition coefficient (Wildman–Crippen LogP) is 4.03. The third-order valence-electron chi connectivity index (χ3n) is 4.40. The molecule has 6 nitrogen and oxygen atoms in total. The van der Waals surface area contributed by atoms with Crippen LogP contribution in [-0.2, 0) is 6.54 Å². The van der Waals surface area contributed by atoms with Gasteiger partial charge < -0.3 is 14.8 Å². The SMILES string of the molecule is COc1ccc(-c2cc3nccc(NCc4ccccc4OC)n3n2)cc1. The number of methoxy groups -OCH3 is 2. The second-order valence-electron chi connectivity index (χ2n) is 6.02. The Balaban J connectivity index is 1.62. The lowest BCUT2D eigenvalue weighted by Crippen LogP contribution is -2.06. The lowest BCUT2D eigenvalue weighted by atomic mass is 10.1. The van der Waals surface area contributed by atoms with Crippen molar-refractivity contribution >= 4 is 11.5 Å². The lowest BCUT2D eigenvalue weighted by molar-refractivity contribution is 0.410. The molecule has 0 amide bonds. The zero-order chi connectivity index (χ0) is 18.6. The smallest absolute Gasteiger partial charge is 0.157 e. The van der Waals surface area contributed by atoms with Gasteiger partial charge in [-0.25, -0.2) is 4.98 Å². The van der Waals surface area contributed by atoms with E-state index < -0.39 is 0 Å². The molecule has 136 valence electrons. The summed E-state index contributed by atoms with van der Waals surface area (Å²) in [6, 6.07) is 19.7. The molecule has 0 spiro atoms. The van der Waals surface area contributed by atoms with Gasteiger partial charge in [-0.1, -0.05) is 18.2 Å². The van der Waals surface area contributed by atoms with Crippen LogP contribution in [0, 0.1) is 0 Å².